The summed E-state index contributed by atoms with van der Waals surface area (Å²) in [7, 11) is 0. The van der Waals surface area contributed by atoms with Crippen molar-refractivity contribution < 1.29 is 18.7 Å². The summed E-state index contributed by atoms with van der Waals surface area (Å²) in [5.41, 5.74) is 5.00. The van der Waals surface area contributed by atoms with E-state index in [1.54, 1.807) is 30.3 Å². The molecule has 2 aromatic carbocycles. The highest BCUT2D eigenvalue weighted by Gasteiger charge is 2.07. The van der Waals surface area contributed by atoms with Crippen molar-refractivity contribution in [2.75, 3.05) is 6.61 Å². The lowest BCUT2D eigenvalue weighted by Gasteiger charge is -2.09. The summed E-state index contributed by atoms with van der Waals surface area (Å²) in [6.07, 6.45) is -0.0361. The fourth-order valence-electron chi connectivity index (χ4n) is 1.73. The van der Waals surface area contributed by atoms with Crippen LogP contribution in [-0.4, -0.2) is 18.4 Å². The van der Waals surface area contributed by atoms with Crippen LogP contribution < -0.4 is 15.6 Å². The van der Waals surface area contributed by atoms with Crippen molar-refractivity contribution in [3.63, 3.8) is 0 Å². The number of carbonyl (C=O) groups excluding carboxylic acids is 2. The molecule has 7 heteroatoms. The monoisotopic (exact) mass is 380 g/mol. The highest BCUT2D eigenvalue weighted by molar-refractivity contribution is 9.10. The van der Waals surface area contributed by atoms with E-state index in [0.29, 0.717) is 11.3 Å². The SMILES string of the molecule is O=C(COc1ccc(Br)cc1)NNC(=O)Cc1cccc(F)c1. The quantitative estimate of drug-likeness (QED) is 0.782. The predicted molar refractivity (Wildman–Crippen MR) is 86.0 cm³/mol. The van der Waals surface area contributed by atoms with Crippen molar-refractivity contribution in [2.24, 2.45) is 0 Å². The van der Waals surface area contributed by atoms with Gasteiger partial charge >= 0.3 is 0 Å². The lowest BCUT2D eigenvalue weighted by Crippen LogP contribution is -2.44. The number of benzene rings is 2. The molecule has 23 heavy (non-hydrogen) atoms. The maximum absolute atomic E-state index is 13.0. The molecule has 0 saturated heterocycles. The third-order valence-electron chi connectivity index (χ3n) is 2.78. The second-order valence-electron chi connectivity index (χ2n) is 4.65. The molecule has 2 N–H and O–H groups in total. The Labute approximate surface area is 140 Å². The number of hydrogen-bond acceptors (Lipinski definition) is 3. The van der Waals surface area contributed by atoms with Gasteiger partial charge in [-0.2, -0.15) is 0 Å². The van der Waals surface area contributed by atoms with Crippen molar-refractivity contribution in [3.05, 3.63) is 64.4 Å². The first-order valence-corrected chi connectivity index (χ1v) is 7.53. The molecular formula is C16H14BrFN2O3. The molecule has 0 radical (unpaired) electrons. The van der Waals surface area contributed by atoms with Crippen LogP contribution in [0.1, 0.15) is 5.56 Å². The number of hydrazine groups is 1. The van der Waals surface area contributed by atoms with Crippen LogP contribution in [0.25, 0.3) is 0 Å². The molecule has 0 fully saturated rings. The Morgan fingerprint density at radius 3 is 2.43 bits per heavy atom. The molecule has 5 nitrogen and oxygen atoms in total. The van der Waals surface area contributed by atoms with Gasteiger partial charge in [0.05, 0.1) is 6.42 Å². The molecule has 0 aliphatic heterocycles. The van der Waals surface area contributed by atoms with Gasteiger partial charge in [0.1, 0.15) is 11.6 Å². The summed E-state index contributed by atoms with van der Waals surface area (Å²) in [4.78, 5) is 23.2. The van der Waals surface area contributed by atoms with Crippen molar-refractivity contribution >= 4 is 27.7 Å². The summed E-state index contributed by atoms with van der Waals surface area (Å²) in [5.74, 6) is -0.829. The molecule has 0 atom stereocenters. The molecule has 0 bridgehead atoms. The van der Waals surface area contributed by atoms with Crippen molar-refractivity contribution in [1.82, 2.24) is 10.9 Å². The topological polar surface area (TPSA) is 67.4 Å². The van der Waals surface area contributed by atoms with Gasteiger partial charge in [0.15, 0.2) is 6.61 Å². The fourth-order valence-corrected chi connectivity index (χ4v) is 2.00. The molecule has 0 spiro atoms. The Balaban J connectivity index is 1.71. The first-order valence-electron chi connectivity index (χ1n) is 6.73. The van der Waals surface area contributed by atoms with Gasteiger partial charge in [0.2, 0.25) is 5.91 Å². The van der Waals surface area contributed by atoms with E-state index in [4.69, 9.17) is 4.74 Å². The fraction of sp³-hybridized carbons (Fsp3) is 0.125. The van der Waals surface area contributed by atoms with Crippen LogP contribution in [0.4, 0.5) is 4.39 Å². The first kappa shape index (κ1) is 17.0. The van der Waals surface area contributed by atoms with Crippen LogP contribution in [-0.2, 0) is 16.0 Å². The highest BCUT2D eigenvalue weighted by Crippen LogP contribution is 2.15. The Morgan fingerprint density at radius 1 is 1.04 bits per heavy atom. The lowest BCUT2D eigenvalue weighted by atomic mass is 10.1. The first-order chi connectivity index (χ1) is 11.0. The van der Waals surface area contributed by atoms with Gasteiger partial charge in [-0.05, 0) is 42.0 Å². The number of carbonyl (C=O) groups is 2. The van der Waals surface area contributed by atoms with Gasteiger partial charge in [-0.15, -0.1) is 0 Å². The second-order valence-corrected chi connectivity index (χ2v) is 5.56. The van der Waals surface area contributed by atoms with Gasteiger partial charge in [0.25, 0.3) is 5.91 Å². The third-order valence-corrected chi connectivity index (χ3v) is 3.31. The van der Waals surface area contributed by atoms with Crippen molar-refractivity contribution in [1.29, 1.82) is 0 Å². The zero-order valence-corrected chi connectivity index (χ0v) is 13.6. The van der Waals surface area contributed by atoms with Crippen molar-refractivity contribution in [3.8, 4) is 5.75 Å². The molecule has 2 rings (SSSR count). The lowest BCUT2D eigenvalue weighted by molar-refractivity contribution is -0.129. The van der Waals surface area contributed by atoms with E-state index in [2.05, 4.69) is 26.8 Å². The van der Waals surface area contributed by atoms with E-state index in [-0.39, 0.29) is 13.0 Å². The van der Waals surface area contributed by atoms with E-state index in [1.165, 1.54) is 18.2 Å². The van der Waals surface area contributed by atoms with Gasteiger partial charge in [0, 0.05) is 4.47 Å². The minimum atomic E-state index is -0.500. The Hall–Kier alpha value is -2.41. The zero-order chi connectivity index (χ0) is 16.7. The number of rotatable bonds is 5. The molecule has 2 aromatic rings. The normalized spacial score (nSPS) is 10.0. The summed E-state index contributed by atoms with van der Waals surface area (Å²) in [6, 6.07) is 12.7. The number of nitrogens with one attached hydrogen (secondary N) is 2. The maximum Gasteiger partial charge on any atom is 0.276 e. The molecular weight excluding hydrogens is 367 g/mol. The number of halogens is 2. The Morgan fingerprint density at radius 2 is 1.74 bits per heavy atom. The number of ether oxygens (including phenoxy) is 1. The van der Waals surface area contributed by atoms with E-state index in [1.807, 2.05) is 0 Å². The summed E-state index contributed by atoms with van der Waals surface area (Å²) in [5, 5.41) is 0. The van der Waals surface area contributed by atoms with Crippen LogP contribution in [0.2, 0.25) is 0 Å². The third kappa shape index (κ3) is 6.07. The van der Waals surface area contributed by atoms with Crippen LogP contribution in [0, 0.1) is 5.82 Å². The van der Waals surface area contributed by atoms with E-state index in [0.717, 1.165) is 4.47 Å². The van der Waals surface area contributed by atoms with Gasteiger partial charge < -0.3 is 4.74 Å². The van der Waals surface area contributed by atoms with Crippen LogP contribution in [0.15, 0.2) is 53.0 Å². The second kappa shape index (κ2) is 8.28. The largest absolute Gasteiger partial charge is 0.484 e. The Bertz CT molecular complexity index is 692. The highest BCUT2D eigenvalue weighted by atomic mass is 79.9. The minimum Gasteiger partial charge on any atom is -0.484 e. The molecule has 120 valence electrons. The summed E-state index contributed by atoms with van der Waals surface area (Å²) < 4.78 is 19.2. The summed E-state index contributed by atoms with van der Waals surface area (Å²) in [6.45, 7) is -0.234. The molecule has 0 unspecified atom stereocenters. The molecule has 0 heterocycles. The molecule has 2 amide bonds. The van der Waals surface area contributed by atoms with E-state index < -0.39 is 17.6 Å². The van der Waals surface area contributed by atoms with Gasteiger partial charge in [-0.25, -0.2) is 4.39 Å². The standard InChI is InChI=1S/C16H14BrFN2O3/c17-12-4-6-14(7-5-12)23-10-16(22)20-19-15(21)9-11-2-1-3-13(18)8-11/h1-8H,9-10H2,(H,19,21)(H,20,22). The molecule has 0 aromatic heterocycles. The Kier molecular flexibility index (Phi) is 6.10. The van der Waals surface area contributed by atoms with Gasteiger partial charge in [-0.3, -0.25) is 20.4 Å². The number of hydrogen-bond donors (Lipinski definition) is 2. The molecule has 0 aliphatic rings. The number of amides is 2. The zero-order valence-electron chi connectivity index (χ0n) is 12.0. The van der Waals surface area contributed by atoms with Crippen molar-refractivity contribution in [2.45, 2.75) is 6.42 Å². The molecule has 0 aliphatic carbocycles. The minimum absolute atomic E-state index is 0.0361. The van der Waals surface area contributed by atoms with Gasteiger partial charge in [-0.1, -0.05) is 28.1 Å². The average molecular weight is 381 g/mol. The maximum atomic E-state index is 13.0. The molecule has 0 saturated carbocycles. The van der Waals surface area contributed by atoms with E-state index >= 15 is 0 Å². The summed E-state index contributed by atoms with van der Waals surface area (Å²) >= 11 is 3.29. The van der Waals surface area contributed by atoms with Crippen LogP contribution in [0.3, 0.4) is 0 Å². The van der Waals surface area contributed by atoms with E-state index in [9.17, 15) is 14.0 Å². The predicted octanol–water partition coefficient (Wildman–Crippen LogP) is 2.36. The van der Waals surface area contributed by atoms with Crippen LogP contribution in [0.5, 0.6) is 5.75 Å². The smallest absolute Gasteiger partial charge is 0.276 e. The van der Waals surface area contributed by atoms with Crippen LogP contribution >= 0.6 is 15.9 Å². The average Bonchev–Trinajstić information content (AvgIpc) is 2.52.